The highest BCUT2D eigenvalue weighted by Crippen LogP contribution is 2.17. The van der Waals surface area contributed by atoms with Gasteiger partial charge in [-0.2, -0.15) is 0 Å². The third-order valence-corrected chi connectivity index (χ3v) is 3.00. The van der Waals surface area contributed by atoms with E-state index in [9.17, 15) is 4.79 Å². The predicted molar refractivity (Wildman–Crippen MR) is 72.4 cm³/mol. The van der Waals surface area contributed by atoms with Gasteiger partial charge in [-0.3, -0.25) is 0 Å². The molecule has 0 spiro atoms. The number of nitrogens with zero attached hydrogens (tertiary/aromatic N) is 2. The number of hydrogen-bond donors (Lipinski definition) is 0. The average Bonchev–Trinajstić information content (AvgIpc) is 2.95. The molecule has 0 bridgehead atoms. The van der Waals surface area contributed by atoms with Crippen molar-refractivity contribution in [3.63, 3.8) is 0 Å². The Balaban J connectivity index is 1.85. The van der Waals surface area contributed by atoms with Crippen LogP contribution in [0.2, 0.25) is 0 Å². The number of methoxy groups -OCH3 is 1. The summed E-state index contributed by atoms with van der Waals surface area (Å²) in [5.41, 5.74) is 1.05. The number of ether oxygens (including phenoxy) is 1. The van der Waals surface area contributed by atoms with Crippen LogP contribution in [0.1, 0.15) is 22.1 Å². The van der Waals surface area contributed by atoms with E-state index in [1.165, 1.54) is 12.5 Å². The first kappa shape index (κ1) is 12.3. The summed E-state index contributed by atoms with van der Waals surface area (Å²) in [7, 11) is 1.27. The minimum Gasteiger partial charge on any atom is -0.462 e. The van der Waals surface area contributed by atoms with Gasteiger partial charge in [-0.15, -0.1) is 10.2 Å². The third kappa shape index (κ3) is 2.38. The van der Waals surface area contributed by atoms with Gasteiger partial charge in [0, 0.05) is 0 Å². The fraction of sp³-hybridized carbons (Fsp3) is 0.133. The molecule has 1 aromatic heterocycles. The molecular weight excluding hydrogens is 256 g/mol. The van der Waals surface area contributed by atoms with Crippen LogP contribution in [0.15, 0.2) is 46.9 Å². The Hall–Kier alpha value is -2.69. The van der Waals surface area contributed by atoms with Gasteiger partial charge in [0.2, 0.25) is 5.89 Å². The van der Waals surface area contributed by atoms with Crippen LogP contribution in [0.25, 0.3) is 10.8 Å². The van der Waals surface area contributed by atoms with Gasteiger partial charge in [-0.05, 0) is 16.3 Å². The smallest absolute Gasteiger partial charge is 0.396 e. The van der Waals surface area contributed by atoms with Crippen molar-refractivity contribution in [3.05, 3.63) is 59.8 Å². The average molecular weight is 268 g/mol. The number of carbonyl (C=O) groups is 1. The fourth-order valence-corrected chi connectivity index (χ4v) is 2.02. The molecule has 0 amide bonds. The first-order valence-corrected chi connectivity index (χ1v) is 6.14. The molecule has 0 aliphatic carbocycles. The number of carbonyl (C=O) groups excluding carboxylic acids is 1. The molecule has 3 rings (SSSR count). The maximum atomic E-state index is 11.2. The third-order valence-electron chi connectivity index (χ3n) is 3.00. The van der Waals surface area contributed by atoms with Crippen LogP contribution in [0.3, 0.4) is 0 Å². The van der Waals surface area contributed by atoms with Crippen molar-refractivity contribution in [1.29, 1.82) is 0 Å². The van der Waals surface area contributed by atoms with E-state index in [1.54, 1.807) is 0 Å². The Morgan fingerprint density at radius 3 is 2.75 bits per heavy atom. The molecule has 20 heavy (non-hydrogen) atoms. The van der Waals surface area contributed by atoms with Crippen molar-refractivity contribution >= 4 is 16.7 Å². The summed E-state index contributed by atoms with van der Waals surface area (Å²) in [4.78, 5) is 11.2. The topological polar surface area (TPSA) is 65.2 Å². The molecule has 0 fully saturated rings. The standard InChI is InChI=1S/C15H12N2O3/c1-19-15(18)14-17-16-13(20-14)9-10-6-7-11-4-2-3-5-12(11)8-10/h2-8H,9H2,1H3. The zero-order valence-corrected chi connectivity index (χ0v) is 10.9. The van der Waals surface area contributed by atoms with Crippen LogP contribution in [-0.2, 0) is 11.2 Å². The summed E-state index contributed by atoms with van der Waals surface area (Å²) >= 11 is 0. The van der Waals surface area contributed by atoms with Crippen molar-refractivity contribution in [3.8, 4) is 0 Å². The number of esters is 1. The molecule has 100 valence electrons. The Morgan fingerprint density at radius 1 is 1.15 bits per heavy atom. The van der Waals surface area contributed by atoms with Crippen molar-refractivity contribution in [2.75, 3.05) is 7.11 Å². The minimum atomic E-state index is -0.623. The van der Waals surface area contributed by atoms with Crippen molar-refractivity contribution in [1.82, 2.24) is 10.2 Å². The van der Waals surface area contributed by atoms with E-state index < -0.39 is 5.97 Å². The van der Waals surface area contributed by atoms with Gasteiger partial charge in [0.25, 0.3) is 0 Å². The lowest BCUT2D eigenvalue weighted by Crippen LogP contribution is -2.00. The number of fused-ring (bicyclic) bond motifs is 1. The van der Waals surface area contributed by atoms with Crippen LogP contribution in [0, 0.1) is 0 Å². The molecular formula is C15H12N2O3. The highest BCUT2D eigenvalue weighted by atomic mass is 16.5. The first-order valence-electron chi connectivity index (χ1n) is 6.14. The molecule has 0 saturated heterocycles. The normalized spacial score (nSPS) is 10.7. The van der Waals surface area contributed by atoms with Crippen LogP contribution < -0.4 is 0 Å². The lowest BCUT2D eigenvalue weighted by Gasteiger charge is -2.01. The van der Waals surface area contributed by atoms with Crippen LogP contribution >= 0.6 is 0 Å². The predicted octanol–water partition coefficient (Wildman–Crippen LogP) is 2.60. The second-order valence-electron chi connectivity index (χ2n) is 4.35. The molecule has 2 aromatic carbocycles. The summed E-state index contributed by atoms with van der Waals surface area (Å²) in [6.07, 6.45) is 0.481. The molecule has 0 unspecified atom stereocenters. The van der Waals surface area contributed by atoms with E-state index >= 15 is 0 Å². The van der Waals surface area contributed by atoms with Crippen LogP contribution in [0.5, 0.6) is 0 Å². The quantitative estimate of drug-likeness (QED) is 0.683. The maximum absolute atomic E-state index is 11.2. The Bertz CT molecular complexity index is 764. The molecule has 5 heteroatoms. The van der Waals surface area contributed by atoms with E-state index in [4.69, 9.17) is 4.42 Å². The lowest BCUT2D eigenvalue weighted by atomic mass is 10.1. The second-order valence-corrected chi connectivity index (χ2v) is 4.35. The van der Waals surface area contributed by atoms with Gasteiger partial charge >= 0.3 is 11.9 Å². The number of aromatic nitrogens is 2. The fourth-order valence-electron chi connectivity index (χ4n) is 2.02. The molecule has 0 aliphatic heterocycles. The molecule has 0 aliphatic rings. The lowest BCUT2D eigenvalue weighted by molar-refractivity contribution is 0.0554. The van der Waals surface area contributed by atoms with Gasteiger partial charge in [0.05, 0.1) is 13.5 Å². The van der Waals surface area contributed by atoms with Crippen LogP contribution in [-0.4, -0.2) is 23.3 Å². The summed E-state index contributed by atoms with van der Waals surface area (Å²) in [6.45, 7) is 0. The van der Waals surface area contributed by atoms with E-state index in [0.717, 1.165) is 10.9 Å². The van der Waals surface area contributed by atoms with Gasteiger partial charge in [0.1, 0.15) is 0 Å². The summed E-state index contributed by atoms with van der Waals surface area (Å²) in [5, 5.41) is 9.83. The highest BCUT2D eigenvalue weighted by molar-refractivity contribution is 5.84. The first-order chi connectivity index (χ1) is 9.76. The molecule has 5 nitrogen and oxygen atoms in total. The summed E-state index contributed by atoms with van der Waals surface area (Å²) < 4.78 is 9.78. The van der Waals surface area contributed by atoms with Gasteiger partial charge in [-0.1, -0.05) is 42.5 Å². The van der Waals surface area contributed by atoms with Crippen molar-refractivity contribution < 1.29 is 13.9 Å². The van der Waals surface area contributed by atoms with E-state index in [2.05, 4.69) is 27.1 Å². The van der Waals surface area contributed by atoms with E-state index in [-0.39, 0.29) is 5.89 Å². The Kier molecular flexibility index (Phi) is 3.16. The molecule has 3 aromatic rings. The maximum Gasteiger partial charge on any atom is 0.396 e. The highest BCUT2D eigenvalue weighted by Gasteiger charge is 2.15. The van der Waals surface area contributed by atoms with Gasteiger partial charge in [0.15, 0.2) is 0 Å². The van der Waals surface area contributed by atoms with Gasteiger partial charge < -0.3 is 9.15 Å². The Morgan fingerprint density at radius 2 is 1.95 bits per heavy atom. The van der Waals surface area contributed by atoms with Crippen LogP contribution in [0.4, 0.5) is 0 Å². The number of benzene rings is 2. The SMILES string of the molecule is COC(=O)c1nnc(Cc2ccc3ccccc3c2)o1. The zero-order chi connectivity index (χ0) is 13.9. The van der Waals surface area contributed by atoms with Gasteiger partial charge in [-0.25, -0.2) is 4.79 Å². The van der Waals surface area contributed by atoms with Crippen molar-refractivity contribution in [2.24, 2.45) is 0 Å². The molecule has 0 radical (unpaired) electrons. The zero-order valence-electron chi connectivity index (χ0n) is 10.9. The monoisotopic (exact) mass is 268 g/mol. The number of rotatable bonds is 3. The Labute approximate surface area is 115 Å². The minimum absolute atomic E-state index is 0.122. The number of hydrogen-bond acceptors (Lipinski definition) is 5. The second kappa shape index (κ2) is 5.13. The van der Waals surface area contributed by atoms with Crippen molar-refractivity contribution in [2.45, 2.75) is 6.42 Å². The summed E-state index contributed by atoms with van der Waals surface area (Å²) in [6, 6.07) is 14.2. The molecule has 0 N–H and O–H groups in total. The van der Waals surface area contributed by atoms with E-state index in [0.29, 0.717) is 12.3 Å². The largest absolute Gasteiger partial charge is 0.462 e. The molecule has 1 heterocycles. The molecule has 0 atom stereocenters. The summed E-state index contributed by atoms with van der Waals surface area (Å²) in [5.74, 6) is -0.355. The van der Waals surface area contributed by atoms with E-state index in [1.807, 2.05) is 30.3 Å². The molecule has 0 saturated carbocycles.